The molecule has 0 aromatic heterocycles. The van der Waals surface area contributed by atoms with Gasteiger partial charge in [-0.2, -0.15) is 0 Å². The van der Waals surface area contributed by atoms with Gasteiger partial charge >= 0.3 is 5.69 Å². The molecule has 0 bridgehead atoms. The second-order valence-electron chi connectivity index (χ2n) is 3.62. The molecule has 1 aromatic carbocycles. The van der Waals surface area contributed by atoms with Crippen LogP contribution in [0.25, 0.3) is 0 Å². The molecule has 0 aliphatic carbocycles. The van der Waals surface area contributed by atoms with E-state index < -0.39 is 4.92 Å². The molecule has 0 atom stereocenters. The predicted molar refractivity (Wildman–Crippen MR) is 56.2 cm³/mol. The fourth-order valence-corrected chi connectivity index (χ4v) is 1.84. The lowest BCUT2D eigenvalue weighted by molar-refractivity contribution is -0.385. The van der Waals surface area contributed by atoms with Gasteiger partial charge in [-0.05, 0) is 18.9 Å². The minimum Gasteiger partial charge on any atom is -0.502 e. The SMILES string of the molecule is O=[N+]([O-])c1ccc(N2CCCC2)cc1O. The molecule has 1 aromatic rings. The van der Waals surface area contributed by atoms with Crippen molar-refractivity contribution in [3.05, 3.63) is 28.3 Å². The van der Waals surface area contributed by atoms with Gasteiger partial charge in [0.05, 0.1) is 4.92 Å². The number of nitrogens with zero attached hydrogens (tertiary/aromatic N) is 2. The topological polar surface area (TPSA) is 66.6 Å². The van der Waals surface area contributed by atoms with E-state index in [0.717, 1.165) is 31.6 Å². The Morgan fingerprint density at radius 1 is 1.33 bits per heavy atom. The molecule has 1 heterocycles. The third kappa shape index (κ3) is 1.86. The summed E-state index contributed by atoms with van der Waals surface area (Å²) in [5.74, 6) is -0.260. The zero-order valence-electron chi connectivity index (χ0n) is 8.22. The highest BCUT2D eigenvalue weighted by atomic mass is 16.6. The summed E-state index contributed by atoms with van der Waals surface area (Å²) >= 11 is 0. The van der Waals surface area contributed by atoms with Crippen LogP contribution in [0.4, 0.5) is 11.4 Å². The Morgan fingerprint density at radius 2 is 2.00 bits per heavy atom. The Balaban J connectivity index is 2.28. The monoisotopic (exact) mass is 208 g/mol. The van der Waals surface area contributed by atoms with E-state index in [4.69, 9.17) is 0 Å². The van der Waals surface area contributed by atoms with Gasteiger partial charge < -0.3 is 10.0 Å². The Bertz CT molecular complexity index is 386. The number of anilines is 1. The lowest BCUT2D eigenvalue weighted by Gasteiger charge is -2.17. The first-order valence-electron chi connectivity index (χ1n) is 4.91. The summed E-state index contributed by atoms with van der Waals surface area (Å²) in [6, 6.07) is 4.50. The van der Waals surface area contributed by atoms with Crippen LogP contribution < -0.4 is 4.90 Å². The normalized spacial score (nSPS) is 15.6. The van der Waals surface area contributed by atoms with Crippen molar-refractivity contribution in [1.29, 1.82) is 0 Å². The van der Waals surface area contributed by atoms with Crippen LogP contribution in [0.15, 0.2) is 18.2 Å². The molecule has 0 radical (unpaired) electrons. The first-order valence-corrected chi connectivity index (χ1v) is 4.91. The molecule has 1 fully saturated rings. The summed E-state index contributed by atoms with van der Waals surface area (Å²) in [6.07, 6.45) is 2.27. The maximum absolute atomic E-state index is 10.5. The van der Waals surface area contributed by atoms with Crippen molar-refractivity contribution in [3.8, 4) is 5.75 Å². The number of phenolic OH excluding ortho intramolecular Hbond substituents is 1. The molecule has 1 saturated heterocycles. The summed E-state index contributed by atoms with van der Waals surface area (Å²) in [5.41, 5.74) is 0.619. The van der Waals surface area contributed by atoms with Crippen molar-refractivity contribution in [2.24, 2.45) is 0 Å². The van der Waals surface area contributed by atoms with Crippen molar-refractivity contribution in [3.63, 3.8) is 0 Å². The van der Waals surface area contributed by atoms with Crippen molar-refractivity contribution >= 4 is 11.4 Å². The maximum Gasteiger partial charge on any atom is 0.310 e. The van der Waals surface area contributed by atoms with Crippen LogP contribution in [0.5, 0.6) is 5.75 Å². The molecular weight excluding hydrogens is 196 g/mol. The molecule has 1 aliphatic rings. The summed E-state index contributed by atoms with van der Waals surface area (Å²) in [5, 5.41) is 19.9. The Hall–Kier alpha value is -1.78. The first kappa shape index (κ1) is 9.76. The summed E-state index contributed by atoms with van der Waals surface area (Å²) in [7, 11) is 0. The van der Waals surface area contributed by atoms with Gasteiger partial charge in [-0.15, -0.1) is 0 Å². The number of hydrogen-bond acceptors (Lipinski definition) is 4. The van der Waals surface area contributed by atoms with Crippen LogP contribution in [0.3, 0.4) is 0 Å². The van der Waals surface area contributed by atoms with Crippen molar-refractivity contribution < 1.29 is 10.0 Å². The van der Waals surface area contributed by atoms with Gasteiger partial charge in [-0.25, -0.2) is 0 Å². The molecular formula is C10H12N2O3. The van der Waals surface area contributed by atoms with Crippen LogP contribution in [-0.4, -0.2) is 23.1 Å². The number of benzene rings is 1. The number of hydrogen-bond donors (Lipinski definition) is 1. The van der Waals surface area contributed by atoms with Gasteiger partial charge in [0, 0.05) is 30.9 Å². The highest BCUT2D eigenvalue weighted by molar-refractivity contribution is 5.58. The van der Waals surface area contributed by atoms with Crippen LogP contribution in [0.1, 0.15) is 12.8 Å². The number of nitro benzene ring substituents is 1. The van der Waals surface area contributed by atoms with Gasteiger partial charge in [-0.1, -0.05) is 0 Å². The van der Waals surface area contributed by atoms with E-state index in [1.807, 2.05) is 0 Å². The van der Waals surface area contributed by atoms with Crippen LogP contribution >= 0.6 is 0 Å². The molecule has 80 valence electrons. The Morgan fingerprint density at radius 3 is 2.53 bits per heavy atom. The van der Waals surface area contributed by atoms with E-state index in [1.165, 1.54) is 12.1 Å². The molecule has 0 unspecified atom stereocenters. The molecule has 1 aliphatic heterocycles. The third-order valence-electron chi connectivity index (χ3n) is 2.63. The Labute approximate surface area is 87.1 Å². The van der Waals surface area contributed by atoms with E-state index in [1.54, 1.807) is 6.07 Å². The second kappa shape index (κ2) is 3.76. The second-order valence-corrected chi connectivity index (χ2v) is 3.62. The standard InChI is InChI=1S/C10H12N2O3/c13-10-7-8(11-5-1-2-6-11)3-4-9(10)12(14)15/h3-4,7,13H,1-2,5-6H2. The fourth-order valence-electron chi connectivity index (χ4n) is 1.84. The zero-order valence-corrected chi connectivity index (χ0v) is 8.22. The van der Waals surface area contributed by atoms with E-state index >= 15 is 0 Å². The van der Waals surface area contributed by atoms with Crippen molar-refractivity contribution in [1.82, 2.24) is 0 Å². The molecule has 0 saturated carbocycles. The van der Waals surface area contributed by atoms with Gasteiger partial charge in [0.1, 0.15) is 0 Å². The lowest BCUT2D eigenvalue weighted by atomic mass is 10.2. The molecule has 0 amide bonds. The van der Waals surface area contributed by atoms with Crippen molar-refractivity contribution in [2.75, 3.05) is 18.0 Å². The van der Waals surface area contributed by atoms with Gasteiger partial charge in [0.25, 0.3) is 0 Å². The quantitative estimate of drug-likeness (QED) is 0.595. The number of nitro groups is 1. The minimum atomic E-state index is -0.580. The fraction of sp³-hybridized carbons (Fsp3) is 0.400. The molecule has 1 N–H and O–H groups in total. The van der Waals surface area contributed by atoms with Crippen LogP contribution in [0.2, 0.25) is 0 Å². The molecule has 2 rings (SSSR count). The first-order chi connectivity index (χ1) is 7.18. The van der Waals surface area contributed by atoms with Crippen LogP contribution in [0, 0.1) is 10.1 Å². The highest BCUT2D eigenvalue weighted by Gasteiger charge is 2.17. The minimum absolute atomic E-state index is 0.238. The smallest absolute Gasteiger partial charge is 0.310 e. The Kier molecular flexibility index (Phi) is 2.45. The molecule has 5 heteroatoms. The van der Waals surface area contributed by atoms with E-state index in [-0.39, 0.29) is 11.4 Å². The van der Waals surface area contributed by atoms with E-state index in [9.17, 15) is 15.2 Å². The van der Waals surface area contributed by atoms with E-state index in [2.05, 4.69) is 4.90 Å². The summed E-state index contributed by atoms with van der Waals surface area (Å²) < 4.78 is 0. The number of rotatable bonds is 2. The third-order valence-corrected chi connectivity index (χ3v) is 2.63. The van der Waals surface area contributed by atoms with Gasteiger partial charge in [0.15, 0.2) is 5.75 Å². The maximum atomic E-state index is 10.5. The van der Waals surface area contributed by atoms with Crippen molar-refractivity contribution in [2.45, 2.75) is 12.8 Å². The van der Waals surface area contributed by atoms with Gasteiger partial charge in [0.2, 0.25) is 0 Å². The lowest BCUT2D eigenvalue weighted by Crippen LogP contribution is -2.17. The zero-order chi connectivity index (χ0) is 10.8. The highest BCUT2D eigenvalue weighted by Crippen LogP contribution is 2.31. The number of aromatic hydroxyl groups is 1. The average Bonchev–Trinajstić information content (AvgIpc) is 2.69. The van der Waals surface area contributed by atoms with Crippen LogP contribution in [-0.2, 0) is 0 Å². The predicted octanol–water partition coefficient (Wildman–Crippen LogP) is 1.90. The molecule has 0 spiro atoms. The summed E-state index contributed by atoms with van der Waals surface area (Å²) in [6.45, 7) is 1.91. The van der Waals surface area contributed by atoms with E-state index in [0.29, 0.717) is 0 Å². The summed E-state index contributed by atoms with van der Waals surface area (Å²) in [4.78, 5) is 12.0. The number of phenols is 1. The average molecular weight is 208 g/mol. The largest absolute Gasteiger partial charge is 0.502 e. The van der Waals surface area contributed by atoms with Gasteiger partial charge in [-0.3, -0.25) is 10.1 Å². The molecule has 5 nitrogen and oxygen atoms in total. The molecule has 15 heavy (non-hydrogen) atoms.